The number of nitrogens with zero attached hydrogens (tertiary/aromatic N) is 2. The van der Waals surface area contributed by atoms with Crippen LogP contribution in [0.15, 0.2) is 12.4 Å². The second-order valence-electron chi connectivity index (χ2n) is 2.64. The predicted octanol–water partition coefficient (Wildman–Crippen LogP) is 2.41. The molecule has 1 atom stereocenters. The van der Waals surface area contributed by atoms with Crippen molar-refractivity contribution in [1.82, 2.24) is 9.78 Å². The average Bonchev–Trinajstić information content (AvgIpc) is 2.35. The molecule has 0 aromatic carbocycles. The zero-order chi connectivity index (χ0) is 8.27. The van der Waals surface area contributed by atoms with Crippen LogP contribution in [-0.2, 0) is 6.54 Å². The van der Waals surface area contributed by atoms with E-state index < -0.39 is 0 Å². The first kappa shape index (κ1) is 8.88. The van der Waals surface area contributed by atoms with E-state index in [9.17, 15) is 0 Å². The molecule has 1 aromatic rings. The van der Waals surface area contributed by atoms with Crippen LogP contribution in [0.3, 0.4) is 0 Å². The third-order valence-electron chi connectivity index (χ3n) is 1.36. The van der Waals surface area contributed by atoms with Crippen LogP contribution in [0.2, 0.25) is 5.02 Å². The van der Waals surface area contributed by atoms with Gasteiger partial charge >= 0.3 is 0 Å². The first-order chi connectivity index (χ1) is 5.22. The van der Waals surface area contributed by atoms with E-state index in [1.807, 2.05) is 0 Å². The van der Waals surface area contributed by atoms with E-state index in [2.05, 4.69) is 12.0 Å². The van der Waals surface area contributed by atoms with Gasteiger partial charge in [0.05, 0.1) is 11.2 Å². The summed E-state index contributed by atoms with van der Waals surface area (Å²) in [4.78, 5) is 0. The van der Waals surface area contributed by atoms with Crippen LogP contribution < -0.4 is 0 Å². The Kier molecular flexibility index (Phi) is 3.21. The van der Waals surface area contributed by atoms with Crippen molar-refractivity contribution in [3.63, 3.8) is 0 Å². The molecule has 0 spiro atoms. The summed E-state index contributed by atoms with van der Waals surface area (Å²) in [6.45, 7) is 2.90. The van der Waals surface area contributed by atoms with E-state index in [1.54, 1.807) is 17.1 Å². The molecular formula is C7H10Cl2N2. The van der Waals surface area contributed by atoms with Crippen LogP contribution in [0.1, 0.15) is 6.92 Å². The molecule has 4 heteroatoms. The molecule has 11 heavy (non-hydrogen) atoms. The van der Waals surface area contributed by atoms with Gasteiger partial charge in [-0.1, -0.05) is 18.5 Å². The minimum Gasteiger partial charge on any atom is -0.271 e. The van der Waals surface area contributed by atoms with Crippen molar-refractivity contribution < 1.29 is 0 Å². The molecule has 0 amide bonds. The van der Waals surface area contributed by atoms with Gasteiger partial charge in [-0.15, -0.1) is 11.6 Å². The van der Waals surface area contributed by atoms with Gasteiger partial charge in [-0.3, -0.25) is 4.68 Å². The van der Waals surface area contributed by atoms with Crippen LogP contribution in [0.5, 0.6) is 0 Å². The fourth-order valence-electron chi connectivity index (χ4n) is 0.806. The Bertz CT molecular complexity index is 222. The molecule has 0 aliphatic rings. The number of rotatable bonds is 3. The molecule has 0 aliphatic carbocycles. The van der Waals surface area contributed by atoms with Crippen LogP contribution in [0.25, 0.3) is 0 Å². The third-order valence-corrected chi connectivity index (χ3v) is 2.09. The van der Waals surface area contributed by atoms with E-state index >= 15 is 0 Å². The highest BCUT2D eigenvalue weighted by molar-refractivity contribution is 6.30. The zero-order valence-electron chi connectivity index (χ0n) is 6.30. The first-order valence-corrected chi connectivity index (χ1v) is 4.37. The van der Waals surface area contributed by atoms with Gasteiger partial charge in [0.15, 0.2) is 0 Å². The van der Waals surface area contributed by atoms with Crippen LogP contribution in [0, 0.1) is 5.92 Å². The van der Waals surface area contributed by atoms with Gasteiger partial charge in [-0.25, -0.2) is 0 Å². The largest absolute Gasteiger partial charge is 0.271 e. The molecule has 0 bridgehead atoms. The summed E-state index contributed by atoms with van der Waals surface area (Å²) in [5.74, 6) is 1.09. The highest BCUT2D eigenvalue weighted by atomic mass is 35.5. The molecule has 0 fully saturated rings. The van der Waals surface area contributed by atoms with Crippen molar-refractivity contribution in [3.8, 4) is 0 Å². The molecule has 1 rings (SSSR count). The Morgan fingerprint density at radius 2 is 2.45 bits per heavy atom. The molecule has 0 saturated heterocycles. The van der Waals surface area contributed by atoms with Gasteiger partial charge in [-0.2, -0.15) is 5.10 Å². The predicted molar refractivity (Wildman–Crippen MR) is 47.1 cm³/mol. The lowest BCUT2D eigenvalue weighted by atomic mass is 10.2. The average molecular weight is 193 g/mol. The molecular weight excluding hydrogens is 183 g/mol. The Morgan fingerprint density at radius 1 is 1.73 bits per heavy atom. The highest BCUT2D eigenvalue weighted by Gasteiger charge is 2.01. The molecule has 2 nitrogen and oxygen atoms in total. The van der Waals surface area contributed by atoms with Gasteiger partial charge in [-0.05, 0) is 5.92 Å². The van der Waals surface area contributed by atoms with E-state index in [0.717, 1.165) is 6.54 Å². The zero-order valence-corrected chi connectivity index (χ0v) is 7.81. The fourth-order valence-corrected chi connectivity index (χ4v) is 1.06. The molecule has 0 N–H and O–H groups in total. The Hall–Kier alpha value is -0.210. The van der Waals surface area contributed by atoms with Crippen molar-refractivity contribution in [2.45, 2.75) is 13.5 Å². The summed E-state index contributed by atoms with van der Waals surface area (Å²) in [6, 6.07) is 0. The van der Waals surface area contributed by atoms with Crippen molar-refractivity contribution in [2.24, 2.45) is 5.92 Å². The van der Waals surface area contributed by atoms with Gasteiger partial charge in [0.25, 0.3) is 0 Å². The van der Waals surface area contributed by atoms with E-state index in [1.165, 1.54) is 0 Å². The summed E-state index contributed by atoms with van der Waals surface area (Å²) in [5, 5.41) is 4.70. The standard InChI is InChI=1S/C7H10Cl2N2/c1-6(2-8)4-11-5-7(9)3-10-11/h3,5-6H,2,4H2,1H3. The quantitative estimate of drug-likeness (QED) is 0.674. The molecule has 1 heterocycles. The minimum atomic E-state index is 0.438. The lowest BCUT2D eigenvalue weighted by Gasteiger charge is -2.05. The smallest absolute Gasteiger partial charge is 0.0785 e. The summed E-state index contributed by atoms with van der Waals surface area (Å²) in [5.41, 5.74) is 0. The highest BCUT2D eigenvalue weighted by Crippen LogP contribution is 2.07. The maximum Gasteiger partial charge on any atom is 0.0785 e. The fraction of sp³-hybridized carbons (Fsp3) is 0.571. The molecule has 0 radical (unpaired) electrons. The second kappa shape index (κ2) is 3.98. The maximum absolute atomic E-state index is 5.67. The van der Waals surface area contributed by atoms with E-state index in [0.29, 0.717) is 16.8 Å². The summed E-state index contributed by atoms with van der Waals surface area (Å²) < 4.78 is 1.80. The molecule has 0 saturated carbocycles. The van der Waals surface area contributed by atoms with Crippen LogP contribution >= 0.6 is 23.2 Å². The number of hydrogen-bond donors (Lipinski definition) is 0. The Labute approximate surface area is 76.1 Å². The second-order valence-corrected chi connectivity index (χ2v) is 3.39. The number of halogens is 2. The Morgan fingerprint density at radius 3 is 2.91 bits per heavy atom. The van der Waals surface area contributed by atoms with Crippen molar-refractivity contribution >= 4 is 23.2 Å². The summed E-state index contributed by atoms with van der Waals surface area (Å²) in [7, 11) is 0. The molecule has 1 unspecified atom stereocenters. The van der Waals surface area contributed by atoms with Crippen LogP contribution in [0.4, 0.5) is 0 Å². The summed E-state index contributed by atoms with van der Waals surface area (Å²) >= 11 is 11.3. The van der Waals surface area contributed by atoms with Gasteiger partial charge in [0.2, 0.25) is 0 Å². The first-order valence-electron chi connectivity index (χ1n) is 3.46. The SMILES string of the molecule is CC(CCl)Cn1cc(Cl)cn1. The van der Waals surface area contributed by atoms with Gasteiger partial charge < -0.3 is 0 Å². The third kappa shape index (κ3) is 2.72. The van der Waals surface area contributed by atoms with Gasteiger partial charge in [0.1, 0.15) is 0 Å². The van der Waals surface area contributed by atoms with Crippen molar-refractivity contribution in [2.75, 3.05) is 5.88 Å². The number of alkyl halides is 1. The lowest BCUT2D eigenvalue weighted by Crippen LogP contribution is -2.08. The monoisotopic (exact) mass is 192 g/mol. The molecule has 0 aliphatic heterocycles. The molecule has 1 aromatic heterocycles. The van der Waals surface area contributed by atoms with E-state index in [4.69, 9.17) is 23.2 Å². The number of aromatic nitrogens is 2. The number of hydrogen-bond acceptors (Lipinski definition) is 1. The normalized spacial score (nSPS) is 13.4. The lowest BCUT2D eigenvalue weighted by molar-refractivity contribution is 0.487. The van der Waals surface area contributed by atoms with Crippen molar-refractivity contribution in [3.05, 3.63) is 17.4 Å². The summed E-state index contributed by atoms with van der Waals surface area (Å²) in [6.07, 6.45) is 3.42. The molecule has 62 valence electrons. The van der Waals surface area contributed by atoms with Crippen LogP contribution in [-0.4, -0.2) is 15.7 Å². The minimum absolute atomic E-state index is 0.438. The van der Waals surface area contributed by atoms with E-state index in [-0.39, 0.29) is 0 Å². The Balaban J connectivity index is 2.50. The topological polar surface area (TPSA) is 17.8 Å². The maximum atomic E-state index is 5.67. The van der Waals surface area contributed by atoms with Gasteiger partial charge in [0, 0.05) is 18.6 Å². The van der Waals surface area contributed by atoms with Crippen molar-refractivity contribution in [1.29, 1.82) is 0 Å².